The fourth-order valence-electron chi connectivity index (χ4n) is 3.95. The summed E-state index contributed by atoms with van der Waals surface area (Å²) in [5, 5.41) is 1.93. The van der Waals surface area contributed by atoms with Gasteiger partial charge in [0.1, 0.15) is 12.4 Å². The SMILES string of the molecule is CCOc1cc(/C=C2\SC(=Nc3ccc(Cl)cc3)N(c3ccc(Cl)cc3)C2=O)cc(Cl)c1OCc1ccc(F)cc1. The number of amidine groups is 1. The van der Waals surface area contributed by atoms with Crippen molar-refractivity contribution in [1.82, 2.24) is 0 Å². The van der Waals surface area contributed by atoms with Gasteiger partial charge in [0.15, 0.2) is 16.7 Å². The number of aliphatic imine (C=N–C) groups is 1. The summed E-state index contributed by atoms with van der Waals surface area (Å²) < 4.78 is 25.0. The monoisotopic (exact) mass is 626 g/mol. The van der Waals surface area contributed by atoms with Crippen molar-refractivity contribution < 1.29 is 18.7 Å². The van der Waals surface area contributed by atoms with Crippen LogP contribution in [0.4, 0.5) is 15.8 Å². The number of rotatable bonds is 8. The molecule has 1 aliphatic rings. The van der Waals surface area contributed by atoms with Crippen LogP contribution in [0.15, 0.2) is 94.8 Å². The number of ether oxygens (including phenoxy) is 2. The van der Waals surface area contributed by atoms with E-state index in [4.69, 9.17) is 49.3 Å². The van der Waals surface area contributed by atoms with Gasteiger partial charge in [0, 0.05) is 10.0 Å². The van der Waals surface area contributed by atoms with E-state index < -0.39 is 0 Å². The van der Waals surface area contributed by atoms with Crippen LogP contribution in [-0.4, -0.2) is 17.7 Å². The van der Waals surface area contributed by atoms with Gasteiger partial charge in [0.25, 0.3) is 5.91 Å². The fourth-order valence-corrected chi connectivity index (χ4v) is 5.48. The van der Waals surface area contributed by atoms with Gasteiger partial charge in [0.2, 0.25) is 0 Å². The van der Waals surface area contributed by atoms with Gasteiger partial charge in [-0.05, 0) is 109 Å². The van der Waals surface area contributed by atoms with Gasteiger partial charge in [-0.3, -0.25) is 9.69 Å². The first-order chi connectivity index (χ1) is 19.8. The molecule has 0 aromatic heterocycles. The maximum absolute atomic E-state index is 13.7. The number of halogens is 4. The first-order valence-corrected chi connectivity index (χ1v) is 14.4. The average molecular weight is 628 g/mol. The third-order valence-corrected chi connectivity index (χ3v) is 7.62. The van der Waals surface area contributed by atoms with Crippen LogP contribution in [0, 0.1) is 5.82 Å². The van der Waals surface area contributed by atoms with E-state index in [1.54, 1.807) is 78.9 Å². The number of carbonyl (C=O) groups is 1. The highest BCUT2D eigenvalue weighted by Gasteiger charge is 2.35. The summed E-state index contributed by atoms with van der Waals surface area (Å²) in [6, 6.07) is 23.5. The third-order valence-electron chi connectivity index (χ3n) is 5.87. The number of benzene rings is 4. The van der Waals surface area contributed by atoms with E-state index in [1.165, 1.54) is 28.8 Å². The molecule has 0 radical (unpaired) electrons. The standard InChI is InChI=1S/C31H22Cl3FN2O3S/c1-2-39-27-16-20(15-26(34)29(27)40-18-19-3-9-23(35)10-4-19)17-28-30(38)37(25-13-7-22(33)8-14-25)31(41-28)36-24-11-5-21(32)6-12-24/h3-17H,2,18H2,1H3/b28-17-,36-31?. The zero-order chi connectivity index (χ0) is 28.9. The molecule has 0 atom stereocenters. The van der Waals surface area contributed by atoms with Gasteiger partial charge in [-0.15, -0.1) is 0 Å². The van der Waals surface area contributed by atoms with Gasteiger partial charge in [0.05, 0.1) is 27.9 Å². The largest absolute Gasteiger partial charge is 0.490 e. The molecule has 0 N–H and O–H groups in total. The Morgan fingerprint density at radius 1 is 0.902 bits per heavy atom. The van der Waals surface area contributed by atoms with E-state index >= 15 is 0 Å². The molecule has 208 valence electrons. The Kier molecular flexibility index (Phi) is 9.20. The lowest BCUT2D eigenvalue weighted by Crippen LogP contribution is -2.28. The summed E-state index contributed by atoms with van der Waals surface area (Å²) in [6.45, 7) is 2.40. The molecule has 0 bridgehead atoms. The van der Waals surface area contributed by atoms with Crippen molar-refractivity contribution >= 4 is 75.1 Å². The molecule has 4 aromatic carbocycles. The lowest BCUT2D eigenvalue weighted by molar-refractivity contribution is -0.113. The van der Waals surface area contributed by atoms with Crippen LogP contribution in [0.25, 0.3) is 6.08 Å². The highest BCUT2D eigenvalue weighted by Crippen LogP contribution is 2.41. The Morgan fingerprint density at radius 2 is 1.56 bits per heavy atom. The summed E-state index contributed by atoms with van der Waals surface area (Å²) in [7, 11) is 0. The molecule has 0 unspecified atom stereocenters. The number of hydrogen-bond donors (Lipinski definition) is 0. The van der Waals surface area contributed by atoms with Crippen molar-refractivity contribution in [3.05, 3.63) is 122 Å². The molecule has 1 saturated heterocycles. The number of anilines is 1. The summed E-state index contributed by atoms with van der Waals surface area (Å²) in [4.78, 5) is 20.4. The van der Waals surface area contributed by atoms with Crippen molar-refractivity contribution in [2.24, 2.45) is 4.99 Å². The van der Waals surface area contributed by atoms with Crippen LogP contribution in [0.2, 0.25) is 15.1 Å². The summed E-state index contributed by atoms with van der Waals surface area (Å²) in [5.41, 5.74) is 2.70. The molecule has 41 heavy (non-hydrogen) atoms. The minimum absolute atomic E-state index is 0.176. The number of hydrogen-bond acceptors (Lipinski definition) is 5. The highest BCUT2D eigenvalue weighted by atomic mass is 35.5. The maximum atomic E-state index is 13.7. The first kappa shape index (κ1) is 29.0. The van der Waals surface area contributed by atoms with Crippen molar-refractivity contribution in [3.8, 4) is 11.5 Å². The second-order valence-electron chi connectivity index (χ2n) is 8.78. The zero-order valence-electron chi connectivity index (χ0n) is 21.6. The van der Waals surface area contributed by atoms with E-state index in [-0.39, 0.29) is 18.3 Å². The predicted octanol–water partition coefficient (Wildman–Crippen LogP) is 9.57. The molecule has 5 rings (SSSR count). The number of carbonyl (C=O) groups excluding carboxylic acids is 1. The highest BCUT2D eigenvalue weighted by molar-refractivity contribution is 8.19. The van der Waals surface area contributed by atoms with Crippen molar-refractivity contribution in [3.63, 3.8) is 0 Å². The van der Waals surface area contributed by atoms with E-state index in [1.807, 2.05) is 6.92 Å². The van der Waals surface area contributed by atoms with Crippen molar-refractivity contribution in [2.75, 3.05) is 11.5 Å². The Morgan fingerprint density at radius 3 is 2.22 bits per heavy atom. The molecule has 0 spiro atoms. The van der Waals surface area contributed by atoms with Crippen LogP contribution >= 0.6 is 46.6 Å². The van der Waals surface area contributed by atoms with Gasteiger partial charge < -0.3 is 9.47 Å². The summed E-state index contributed by atoms with van der Waals surface area (Å²) >= 11 is 20.0. The van der Waals surface area contributed by atoms with Crippen LogP contribution in [0.3, 0.4) is 0 Å². The maximum Gasteiger partial charge on any atom is 0.271 e. The zero-order valence-corrected chi connectivity index (χ0v) is 24.7. The molecular formula is C31H22Cl3FN2O3S. The fraction of sp³-hybridized carbons (Fsp3) is 0.0968. The Labute approximate surface area is 256 Å². The second kappa shape index (κ2) is 13.0. The minimum Gasteiger partial charge on any atom is -0.490 e. The molecule has 0 saturated carbocycles. The number of amides is 1. The van der Waals surface area contributed by atoms with Gasteiger partial charge in [-0.2, -0.15) is 0 Å². The Balaban J connectivity index is 1.48. The van der Waals surface area contributed by atoms with E-state index in [9.17, 15) is 9.18 Å². The first-order valence-electron chi connectivity index (χ1n) is 12.5. The predicted molar refractivity (Wildman–Crippen MR) is 166 cm³/mol. The van der Waals surface area contributed by atoms with Crippen LogP contribution in [0.1, 0.15) is 18.1 Å². The Hall–Kier alpha value is -3.49. The molecular weight excluding hydrogens is 606 g/mol. The lowest BCUT2D eigenvalue weighted by Gasteiger charge is -2.16. The molecule has 5 nitrogen and oxygen atoms in total. The van der Waals surface area contributed by atoms with Crippen LogP contribution < -0.4 is 14.4 Å². The molecule has 1 heterocycles. The van der Waals surface area contributed by atoms with Gasteiger partial charge in [-0.1, -0.05) is 46.9 Å². The molecule has 0 aliphatic carbocycles. The van der Waals surface area contributed by atoms with E-state index in [0.29, 0.717) is 60.2 Å². The van der Waals surface area contributed by atoms with Crippen LogP contribution in [-0.2, 0) is 11.4 Å². The topological polar surface area (TPSA) is 51.1 Å². The van der Waals surface area contributed by atoms with Crippen molar-refractivity contribution in [1.29, 1.82) is 0 Å². The van der Waals surface area contributed by atoms with Crippen LogP contribution in [0.5, 0.6) is 11.5 Å². The summed E-state index contributed by atoms with van der Waals surface area (Å²) in [6.07, 6.45) is 1.73. The molecule has 10 heteroatoms. The molecule has 1 aliphatic heterocycles. The number of nitrogens with zero attached hydrogens (tertiary/aromatic N) is 2. The number of thioether (sulfide) groups is 1. The normalized spacial score (nSPS) is 15.1. The quantitative estimate of drug-likeness (QED) is 0.183. The van der Waals surface area contributed by atoms with E-state index in [0.717, 1.165) is 5.56 Å². The third kappa shape index (κ3) is 7.05. The Bertz CT molecular complexity index is 1630. The molecule has 4 aromatic rings. The molecule has 1 amide bonds. The second-order valence-corrected chi connectivity index (χ2v) is 11.1. The van der Waals surface area contributed by atoms with E-state index in [2.05, 4.69) is 0 Å². The smallest absolute Gasteiger partial charge is 0.271 e. The van der Waals surface area contributed by atoms with Crippen molar-refractivity contribution in [2.45, 2.75) is 13.5 Å². The van der Waals surface area contributed by atoms with Gasteiger partial charge in [-0.25, -0.2) is 9.38 Å². The minimum atomic E-state index is -0.325. The van der Waals surface area contributed by atoms with Gasteiger partial charge >= 0.3 is 0 Å². The lowest BCUT2D eigenvalue weighted by atomic mass is 10.1. The summed E-state index contributed by atoms with van der Waals surface area (Å²) in [5.74, 6) is 0.206. The molecule has 1 fully saturated rings. The average Bonchev–Trinajstić information content (AvgIpc) is 3.25.